The van der Waals surface area contributed by atoms with Crippen LogP contribution in [0.3, 0.4) is 0 Å². The lowest BCUT2D eigenvalue weighted by atomic mass is 10.2. The minimum atomic E-state index is -0.725. The second-order valence-electron chi connectivity index (χ2n) is 5.19. The van der Waals surface area contributed by atoms with E-state index in [0.29, 0.717) is 11.5 Å². The first-order valence-corrected chi connectivity index (χ1v) is 7.93. The Kier molecular flexibility index (Phi) is 7.18. The second kappa shape index (κ2) is 9.81. The predicted molar refractivity (Wildman–Crippen MR) is 95.9 cm³/mol. The van der Waals surface area contributed by atoms with Crippen LogP contribution in [0.25, 0.3) is 0 Å². The third-order valence-corrected chi connectivity index (χ3v) is 3.39. The van der Waals surface area contributed by atoms with E-state index >= 15 is 0 Å². The third kappa shape index (κ3) is 5.74. The van der Waals surface area contributed by atoms with E-state index in [1.807, 2.05) is 0 Å². The summed E-state index contributed by atoms with van der Waals surface area (Å²) in [5.41, 5.74) is 0.454. The number of esters is 2. The van der Waals surface area contributed by atoms with Gasteiger partial charge in [0.1, 0.15) is 0 Å². The summed E-state index contributed by atoms with van der Waals surface area (Å²) in [4.78, 5) is 35.4. The second-order valence-corrected chi connectivity index (χ2v) is 5.19. The Bertz CT molecular complexity index is 819. The van der Waals surface area contributed by atoms with Gasteiger partial charge in [0.2, 0.25) is 0 Å². The molecule has 8 nitrogen and oxygen atoms in total. The van der Waals surface area contributed by atoms with E-state index in [1.54, 1.807) is 36.4 Å². The number of methoxy groups -OCH3 is 2. The maximum atomic E-state index is 12.0. The van der Waals surface area contributed by atoms with E-state index < -0.39 is 24.5 Å². The van der Waals surface area contributed by atoms with Gasteiger partial charge in [-0.25, -0.2) is 9.59 Å². The number of amides is 1. The zero-order chi connectivity index (χ0) is 19.6. The first-order valence-electron chi connectivity index (χ1n) is 7.93. The molecule has 1 N–H and O–H groups in total. The highest BCUT2D eigenvalue weighted by Gasteiger charge is 2.15. The molecule has 0 aliphatic rings. The molecule has 0 saturated carbocycles. The van der Waals surface area contributed by atoms with Gasteiger partial charge in [-0.3, -0.25) is 4.79 Å². The van der Waals surface area contributed by atoms with E-state index in [0.717, 1.165) is 0 Å². The van der Waals surface area contributed by atoms with Crippen molar-refractivity contribution in [3.8, 4) is 11.5 Å². The molecule has 0 aliphatic heterocycles. The van der Waals surface area contributed by atoms with E-state index in [1.165, 1.54) is 26.4 Å². The average Bonchev–Trinajstić information content (AvgIpc) is 2.70. The Morgan fingerprint density at radius 1 is 0.889 bits per heavy atom. The Balaban J connectivity index is 1.84. The van der Waals surface area contributed by atoms with Crippen LogP contribution in [0.2, 0.25) is 0 Å². The largest absolute Gasteiger partial charge is 0.493 e. The molecule has 0 heterocycles. The van der Waals surface area contributed by atoms with E-state index in [4.69, 9.17) is 14.2 Å². The number of benzene rings is 2. The van der Waals surface area contributed by atoms with Crippen LogP contribution < -0.4 is 14.8 Å². The van der Waals surface area contributed by atoms with Gasteiger partial charge in [0.25, 0.3) is 5.91 Å². The Hall–Kier alpha value is -3.55. The van der Waals surface area contributed by atoms with Crippen molar-refractivity contribution in [1.82, 2.24) is 0 Å². The van der Waals surface area contributed by atoms with Crippen LogP contribution in [0.5, 0.6) is 11.5 Å². The smallest absolute Gasteiger partial charge is 0.344 e. The van der Waals surface area contributed by atoms with Crippen molar-refractivity contribution in [2.75, 3.05) is 32.8 Å². The lowest BCUT2D eigenvalue weighted by Gasteiger charge is -2.11. The highest BCUT2D eigenvalue weighted by Crippen LogP contribution is 2.25. The molecule has 0 saturated heterocycles. The van der Waals surface area contributed by atoms with Gasteiger partial charge in [0, 0.05) is 0 Å². The molecule has 0 spiro atoms. The SMILES string of the molecule is COC(=O)c1ccccc1NC(=O)COC(=O)COc1ccccc1OC. The van der Waals surface area contributed by atoms with Gasteiger partial charge < -0.3 is 24.3 Å². The number of hydrogen-bond donors (Lipinski definition) is 1. The molecular weight excluding hydrogens is 354 g/mol. The standard InChI is InChI=1S/C19H19NO7/c1-24-15-9-5-6-10-16(15)26-12-18(22)27-11-17(21)20-14-8-4-3-7-13(14)19(23)25-2/h3-10H,11-12H2,1-2H3,(H,20,21). The van der Waals surface area contributed by atoms with Gasteiger partial charge in [-0.2, -0.15) is 0 Å². The van der Waals surface area contributed by atoms with Crippen molar-refractivity contribution >= 4 is 23.5 Å². The first-order chi connectivity index (χ1) is 13.0. The molecule has 0 fully saturated rings. The van der Waals surface area contributed by atoms with Crippen LogP contribution in [0.1, 0.15) is 10.4 Å². The number of carbonyl (C=O) groups excluding carboxylic acids is 3. The van der Waals surface area contributed by atoms with Crippen molar-refractivity contribution in [2.24, 2.45) is 0 Å². The lowest BCUT2D eigenvalue weighted by molar-refractivity contribution is -0.149. The molecule has 0 atom stereocenters. The fourth-order valence-electron chi connectivity index (χ4n) is 2.13. The van der Waals surface area contributed by atoms with Gasteiger partial charge in [-0.15, -0.1) is 0 Å². The molecule has 0 bridgehead atoms. The first kappa shape index (κ1) is 19.8. The highest BCUT2D eigenvalue weighted by molar-refractivity contribution is 6.01. The van der Waals surface area contributed by atoms with Gasteiger partial charge in [-0.05, 0) is 24.3 Å². The molecule has 0 unspecified atom stereocenters. The summed E-state index contributed by atoms with van der Waals surface area (Å²) >= 11 is 0. The third-order valence-electron chi connectivity index (χ3n) is 3.39. The number of ether oxygens (including phenoxy) is 4. The summed E-state index contributed by atoms with van der Waals surface area (Å²) in [5, 5.41) is 2.50. The number of hydrogen-bond acceptors (Lipinski definition) is 7. The molecule has 1 amide bonds. The Morgan fingerprint density at radius 3 is 2.26 bits per heavy atom. The zero-order valence-corrected chi connectivity index (χ0v) is 14.9. The summed E-state index contributed by atoms with van der Waals surface area (Å²) in [5.74, 6) is -1.06. The van der Waals surface area contributed by atoms with Gasteiger partial charge in [0.05, 0.1) is 25.5 Å². The van der Waals surface area contributed by atoms with Crippen molar-refractivity contribution < 1.29 is 33.3 Å². The van der Waals surface area contributed by atoms with E-state index in [-0.39, 0.29) is 17.9 Å². The van der Waals surface area contributed by atoms with E-state index in [9.17, 15) is 14.4 Å². The quantitative estimate of drug-likeness (QED) is 0.707. The Labute approximate surface area is 156 Å². The van der Waals surface area contributed by atoms with Crippen LogP contribution in [0.15, 0.2) is 48.5 Å². The van der Waals surface area contributed by atoms with Gasteiger partial charge in [0.15, 0.2) is 24.7 Å². The molecule has 2 aromatic carbocycles. The van der Waals surface area contributed by atoms with Crippen LogP contribution in [-0.2, 0) is 19.1 Å². The Morgan fingerprint density at radius 2 is 1.56 bits per heavy atom. The zero-order valence-electron chi connectivity index (χ0n) is 14.9. The summed E-state index contributed by atoms with van der Waals surface area (Å²) in [6.45, 7) is -0.907. The minimum Gasteiger partial charge on any atom is -0.493 e. The van der Waals surface area contributed by atoms with Crippen molar-refractivity contribution in [3.63, 3.8) is 0 Å². The van der Waals surface area contributed by atoms with Gasteiger partial charge >= 0.3 is 11.9 Å². The van der Waals surface area contributed by atoms with Crippen molar-refractivity contribution in [3.05, 3.63) is 54.1 Å². The molecular formula is C19H19NO7. The topological polar surface area (TPSA) is 100 Å². The number of rotatable bonds is 8. The maximum absolute atomic E-state index is 12.0. The van der Waals surface area contributed by atoms with Crippen molar-refractivity contribution in [1.29, 1.82) is 0 Å². The maximum Gasteiger partial charge on any atom is 0.344 e. The molecule has 2 rings (SSSR count). The lowest BCUT2D eigenvalue weighted by Crippen LogP contribution is -2.24. The average molecular weight is 373 g/mol. The number of carbonyl (C=O) groups is 3. The van der Waals surface area contributed by atoms with Gasteiger partial charge in [-0.1, -0.05) is 24.3 Å². The molecule has 27 heavy (non-hydrogen) atoms. The fourth-order valence-corrected chi connectivity index (χ4v) is 2.13. The van der Waals surface area contributed by atoms with E-state index in [2.05, 4.69) is 10.1 Å². The number of anilines is 1. The highest BCUT2D eigenvalue weighted by atomic mass is 16.6. The minimum absolute atomic E-state index is 0.194. The molecule has 142 valence electrons. The summed E-state index contributed by atoms with van der Waals surface area (Å²) < 4.78 is 19.9. The number of para-hydroxylation sites is 3. The van der Waals surface area contributed by atoms with Crippen LogP contribution in [-0.4, -0.2) is 45.3 Å². The van der Waals surface area contributed by atoms with Crippen molar-refractivity contribution in [2.45, 2.75) is 0 Å². The molecule has 0 radical (unpaired) electrons. The van der Waals surface area contributed by atoms with Crippen LogP contribution in [0, 0.1) is 0 Å². The normalized spacial score (nSPS) is 9.85. The molecule has 8 heteroatoms. The summed E-state index contributed by atoms with van der Waals surface area (Å²) in [7, 11) is 2.72. The summed E-state index contributed by atoms with van der Waals surface area (Å²) in [6, 6.07) is 13.2. The molecule has 0 aliphatic carbocycles. The fraction of sp³-hybridized carbons (Fsp3) is 0.211. The molecule has 0 aromatic heterocycles. The predicted octanol–water partition coefficient (Wildman–Crippen LogP) is 2.04. The van der Waals surface area contributed by atoms with Crippen LogP contribution in [0.4, 0.5) is 5.69 Å². The molecule has 2 aromatic rings. The number of nitrogens with one attached hydrogen (secondary N) is 1. The monoisotopic (exact) mass is 373 g/mol. The summed E-state index contributed by atoms with van der Waals surface area (Å²) in [6.07, 6.45) is 0. The van der Waals surface area contributed by atoms with Crippen LogP contribution >= 0.6 is 0 Å².